The third kappa shape index (κ3) is 3.10. The van der Waals surface area contributed by atoms with E-state index in [1.165, 1.54) is 0 Å². The van der Waals surface area contributed by atoms with Crippen LogP contribution in [-0.4, -0.2) is 59.5 Å². The first-order valence-corrected chi connectivity index (χ1v) is 9.87. The van der Waals surface area contributed by atoms with Gasteiger partial charge in [0.25, 0.3) is 0 Å². The van der Waals surface area contributed by atoms with Crippen molar-refractivity contribution < 1.29 is 4.79 Å². The largest absolute Gasteiger partial charge is 0.353 e. The number of nitrogens with zero attached hydrogens (tertiary/aromatic N) is 5. The molecule has 6 nitrogen and oxygen atoms in total. The van der Waals surface area contributed by atoms with Crippen LogP contribution >= 0.6 is 0 Å². The van der Waals surface area contributed by atoms with E-state index in [2.05, 4.69) is 14.8 Å². The Hall–Kier alpha value is -2.99. The number of hydrogen-bond donors (Lipinski definition) is 0. The van der Waals surface area contributed by atoms with Crippen LogP contribution in [0.3, 0.4) is 0 Å². The quantitative estimate of drug-likeness (QED) is 0.706. The number of aromatic nitrogens is 2. The number of carbonyl (C=O) groups excluding carboxylic acids is 1. The summed E-state index contributed by atoms with van der Waals surface area (Å²) < 4.78 is 0. The molecule has 3 heterocycles. The summed E-state index contributed by atoms with van der Waals surface area (Å²) in [6.07, 6.45) is 2.75. The van der Waals surface area contributed by atoms with Crippen molar-refractivity contribution in [3.05, 3.63) is 60.8 Å². The topological polar surface area (TPSA) is 52.6 Å². The molecule has 0 saturated carbocycles. The van der Waals surface area contributed by atoms with E-state index in [-0.39, 0.29) is 11.9 Å². The van der Waals surface area contributed by atoms with Crippen LogP contribution in [0.5, 0.6) is 0 Å². The van der Waals surface area contributed by atoms with E-state index in [0.29, 0.717) is 0 Å². The maximum absolute atomic E-state index is 13.0. The normalized spacial score (nSPS) is 20.9. The van der Waals surface area contributed by atoms with Crippen molar-refractivity contribution in [3.8, 4) is 0 Å². The molecule has 1 amide bonds. The number of hydrogen-bond acceptors (Lipinski definition) is 5. The summed E-state index contributed by atoms with van der Waals surface area (Å²) in [6, 6.07) is 17.9. The molecule has 6 heteroatoms. The second kappa shape index (κ2) is 7.20. The fourth-order valence-corrected chi connectivity index (χ4v) is 4.23. The van der Waals surface area contributed by atoms with Crippen molar-refractivity contribution in [2.75, 3.05) is 42.5 Å². The average Bonchev–Trinajstić information content (AvgIpc) is 3.15. The van der Waals surface area contributed by atoms with Gasteiger partial charge in [-0.25, -0.2) is 4.98 Å². The number of carbonyl (C=O) groups is 1. The Labute approximate surface area is 164 Å². The van der Waals surface area contributed by atoms with Gasteiger partial charge in [-0.15, -0.1) is 0 Å². The summed E-state index contributed by atoms with van der Waals surface area (Å²) in [4.78, 5) is 28.8. The molecule has 142 valence electrons. The van der Waals surface area contributed by atoms with E-state index >= 15 is 0 Å². The predicted molar refractivity (Wildman–Crippen MR) is 111 cm³/mol. The Morgan fingerprint density at radius 1 is 0.821 bits per heavy atom. The van der Waals surface area contributed by atoms with Crippen LogP contribution in [0, 0.1) is 0 Å². The SMILES string of the molecule is O=C1C(N2CCN(c3cnc4ccccc4n3)CC2)CCN1c1ccccc1. The van der Waals surface area contributed by atoms with Crippen LogP contribution in [0.4, 0.5) is 11.5 Å². The second-order valence-electron chi connectivity index (χ2n) is 7.37. The van der Waals surface area contributed by atoms with Crippen molar-refractivity contribution in [2.24, 2.45) is 0 Å². The van der Waals surface area contributed by atoms with E-state index in [1.807, 2.05) is 65.7 Å². The van der Waals surface area contributed by atoms with E-state index in [1.54, 1.807) is 0 Å². The van der Waals surface area contributed by atoms with Crippen LogP contribution in [0.25, 0.3) is 11.0 Å². The second-order valence-corrected chi connectivity index (χ2v) is 7.37. The number of para-hydroxylation sites is 3. The zero-order chi connectivity index (χ0) is 18.9. The Balaban J connectivity index is 1.25. The third-order valence-corrected chi connectivity index (χ3v) is 5.76. The third-order valence-electron chi connectivity index (χ3n) is 5.76. The average molecular weight is 373 g/mol. The fraction of sp³-hybridized carbons (Fsp3) is 0.318. The smallest absolute Gasteiger partial charge is 0.244 e. The number of piperazine rings is 1. The number of benzene rings is 2. The molecule has 1 atom stereocenters. The molecular formula is C22H23N5O. The van der Waals surface area contributed by atoms with Gasteiger partial charge in [-0.05, 0) is 30.7 Å². The zero-order valence-corrected chi connectivity index (χ0v) is 15.7. The molecule has 0 N–H and O–H groups in total. The first-order chi connectivity index (χ1) is 13.8. The Bertz CT molecular complexity index is 984. The molecule has 2 saturated heterocycles. The van der Waals surface area contributed by atoms with Gasteiger partial charge in [-0.2, -0.15) is 0 Å². The Kier molecular flexibility index (Phi) is 4.41. The zero-order valence-electron chi connectivity index (χ0n) is 15.7. The molecule has 28 heavy (non-hydrogen) atoms. The van der Waals surface area contributed by atoms with Crippen molar-refractivity contribution in [1.29, 1.82) is 0 Å². The predicted octanol–water partition coefficient (Wildman–Crippen LogP) is 2.56. The molecule has 2 aromatic carbocycles. The summed E-state index contributed by atoms with van der Waals surface area (Å²) in [5, 5.41) is 0. The van der Waals surface area contributed by atoms with Crippen molar-refractivity contribution >= 4 is 28.4 Å². The molecule has 1 unspecified atom stereocenters. The van der Waals surface area contributed by atoms with Gasteiger partial charge in [-0.3, -0.25) is 14.7 Å². The van der Waals surface area contributed by atoms with Gasteiger partial charge >= 0.3 is 0 Å². The molecule has 0 spiro atoms. The highest BCUT2D eigenvalue weighted by Gasteiger charge is 2.37. The molecule has 2 aliphatic heterocycles. The van der Waals surface area contributed by atoms with Gasteiger partial charge in [0.1, 0.15) is 5.82 Å². The van der Waals surface area contributed by atoms with Crippen LogP contribution in [0.2, 0.25) is 0 Å². The van der Waals surface area contributed by atoms with E-state index in [9.17, 15) is 4.79 Å². The van der Waals surface area contributed by atoms with Crippen LogP contribution < -0.4 is 9.80 Å². The number of fused-ring (bicyclic) bond motifs is 1. The maximum atomic E-state index is 13.0. The minimum absolute atomic E-state index is 0.00922. The summed E-state index contributed by atoms with van der Waals surface area (Å²) in [5.41, 5.74) is 2.84. The summed E-state index contributed by atoms with van der Waals surface area (Å²) in [5.74, 6) is 1.15. The van der Waals surface area contributed by atoms with E-state index in [0.717, 1.165) is 61.7 Å². The van der Waals surface area contributed by atoms with Crippen LogP contribution in [0.15, 0.2) is 60.8 Å². The first-order valence-electron chi connectivity index (χ1n) is 9.87. The van der Waals surface area contributed by atoms with Gasteiger partial charge < -0.3 is 9.80 Å². The molecule has 0 aliphatic carbocycles. The van der Waals surface area contributed by atoms with Gasteiger partial charge in [0.2, 0.25) is 5.91 Å². The van der Waals surface area contributed by atoms with Crippen LogP contribution in [-0.2, 0) is 4.79 Å². The highest BCUT2D eigenvalue weighted by molar-refractivity contribution is 5.99. The summed E-state index contributed by atoms with van der Waals surface area (Å²) in [6.45, 7) is 4.26. The lowest BCUT2D eigenvalue weighted by molar-refractivity contribution is -0.121. The van der Waals surface area contributed by atoms with E-state index in [4.69, 9.17) is 4.98 Å². The Morgan fingerprint density at radius 2 is 1.54 bits per heavy atom. The molecule has 1 aromatic heterocycles. The minimum atomic E-state index is -0.00922. The van der Waals surface area contributed by atoms with Gasteiger partial charge in [0.05, 0.1) is 23.3 Å². The molecule has 2 fully saturated rings. The lowest BCUT2D eigenvalue weighted by Crippen LogP contribution is -2.52. The minimum Gasteiger partial charge on any atom is -0.353 e. The molecule has 0 radical (unpaired) electrons. The highest BCUT2D eigenvalue weighted by atomic mass is 16.2. The Morgan fingerprint density at radius 3 is 2.32 bits per heavy atom. The van der Waals surface area contributed by atoms with Crippen molar-refractivity contribution in [1.82, 2.24) is 14.9 Å². The van der Waals surface area contributed by atoms with Crippen molar-refractivity contribution in [3.63, 3.8) is 0 Å². The highest BCUT2D eigenvalue weighted by Crippen LogP contribution is 2.25. The summed E-state index contributed by atoms with van der Waals surface area (Å²) in [7, 11) is 0. The molecule has 3 aromatic rings. The molecule has 2 aliphatic rings. The molecule has 5 rings (SSSR count). The number of anilines is 2. The van der Waals surface area contributed by atoms with Gasteiger partial charge in [0.15, 0.2) is 0 Å². The fourth-order valence-electron chi connectivity index (χ4n) is 4.23. The lowest BCUT2D eigenvalue weighted by Gasteiger charge is -2.37. The maximum Gasteiger partial charge on any atom is 0.244 e. The van der Waals surface area contributed by atoms with Gasteiger partial charge in [-0.1, -0.05) is 30.3 Å². The van der Waals surface area contributed by atoms with Crippen molar-refractivity contribution in [2.45, 2.75) is 12.5 Å². The number of amides is 1. The lowest BCUT2D eigenvalue weighted by atomic mass is 10.2. The van der Waals surface area contributed by atoms with Gasteiger partial charge in [0, 0.05) is 38.4 Å². The standard InChI is InChI=1S/C22H23N5O/c28-22-20(10-11-27(22)17-6-2-1-3-7-17)25-12-14-26(15-13-25)21-16-23-18-8-4-5-9-19(18)24-21/h1-9,16,20H,10-15H2. The first kappa shape index (κ1) is 17.1. The molecular weight excluding hydrogens is 350 g/mol. The monoisotopic (exact) mass is 373 g/mol. The summed E-state index contributed by atoms with van der Waals surface area (Å²) >= 11 is 0. The van der Waals surface area contributed by atoms with Crippen LogP contribution in [0.1, 0.15) is 6.42 Å². The number of rotatable bonds is 3. The van der Waals surface area contributed by atoms with E-state index < -0.39 is 0 Å². The molecule has 0 bridgehead atoms.